The second kappa shape index (κ2) is 13.5. The van der Waals surface area contributed by atoms with Gasteiger partial charge in [-0.1, -0.05) is 182 Å². The molecular formula is C59H38N2O. The molecule has 62 heavy (non-hydrogen) atoms. The number of hydrogen-bond acceptors (Lipinski definition) is 3. The number of anilines is 1. The van der Waals surface area contributed by atoms with Crippen LogP contribution in [-0.4, -0.2) is 5.71 Å². The predicted molar refractivity (Wildman–Crippen MR) is 255 cm³/mol. The normalized spacial score (nSPS) is 15.1. The van der Waals surface area contributed by atoms with E-state index in [2.05, 4.69) is 224 Å². The Morgan fingerprint density at radius 1 is 0.403 bits per heavy atom. The van der Waals surface area contributed by atoms with E-state index < -0.39 is 5.41 Å². The number of aliphatic imine (C=N–C) groups is 1. The van der Waals surface area contributed by atoms with Gasteiger partial charge in [0.2, 0.25) is 0 Å². The molecule has 13 rings (SSSR count). The Labute approximate surface area is 360 Å². The Balaban J connectivity index is 0.984. The van der Waals surface area contributed by atoms with Crippen LogP contribution in [0.1, 0.15) is 45.1 Å². The third-order valence-electron chi connectivity index (χ3n) is 13.3. The molecule has 0 radical (unpaired) electrons. The molecule has 1 atom stereocenters. The third kappa shape index (κ3) is 5.03. The van der Waals surface area contributed by atoms with Crippen LogP contribution in [0.2, 0.25) is 0 Å². The maximum Gasteiger partial charge on any atom is 0.145 e. The van der Waals surface area contributed by atoms with Crippen LogP contribution in [0.4, 0.5) is 5.69 Å². The smallest absolute Gasteiger partial charge is 0.145 e. The molecule has 0 fully saturated rings. The number of nitrogens with zero attached hydrogens (tertiary/aromatic N) is 1. The molecule has 3 aliphatic rings. The van der Waals surface area contributed by atoms with Gasteiger partial charge in [-0.05, 0) is 108 Å². The highest BCUT2D eigenvalue weighted by Gasteiger charge is 2.52. The van der Waals surface area contributed by atoms with E-state index in [1.54, 1.807) is 0 Å². The van der Waals surface area contributed by atoms with Crippen molar-refractivity contribution in [2.24, 2.45) is 4.99 Å². The molecule has 0 bridgehead atoms. The first-order chi connectivity index (χ1) is 30.7. The Bertz CT molecular complexity index is 3450. The number of benzene rings is 10. The summed E-state index contributed by atoms with van der Waals surface area (Å²) >= 11 is 0. The highest BCUT2D eigenvalue weighted by Crippen LogP contribution is 2.65. The molecule has 1 N–H and O–H groups in total. The lowest BCUT2D eigenvalue weighted by molar-refractivity contribution is 0.437. The van der Waals surface area contributed by atoms with Gasteiger partial charge in [-0.15, -0.1) is 0 Å². The SMILES string of the molecule is c1ccc(C2=NC(c3cccc(-c4cccc(-c5ccc6c(c5)C5(c7ccccc7Oc7ccccc75)c5c-6c6ccccc6c6ccccc56)c4)c3)Nc3ccccc32)cc1. The van der Waals surface area contributed by atoms with Gasteiger partial charge in [-0.2, -0.15) is 0 Å². The fourth-order valence-electron chi connectivity index (χ4n) is 10.7. The van der Waals surface area contributed by atoms with Gasteiger partial charge in [0.15, 0.2) is 0 Å². The van der Waals surface area contributed by atoms with Crippen molar-refractivity contribution in [3.63, 3.8) is 0 Å². The fourth-order valence-corrected chi connectivity index (χ4v) is 10.7. The molecule has 0 saturated carbocycles. The summed E-state index contributed by atoms with van der Waals surface area (Å²) in [6, 6.07) is 79.2. The van der Waals surface area contributed by atoms with Gasteiger partial charge < -0.3 is 10.1 Å². The van der Waals surface area contributed by atoms with Crippen molar-refractivity contribution >= 4 is 32.9 Å². The molecular weight excluding hydrogens is 753 g/mol. The van der Waals surface area contributed by atoms with E-state index in [0.717, 1.165) is 50.7 Å². The highest BCUT2D eigenvalue weighted by molar-refractivity contribution is 6.20. The molecule has 10 aromatic carbocycles. The maximum absolute atomic E-state index is 6.76. The number of rotatable bonds is 4. The summed E-state index contributed by atoms with van der Waals surface area (Å²) in [4.78, 5) is 5.32. The van der Waals surface area contributed by atoms with Crippen molar-refractivity contribution in [1.29, 1.82) is 0 Å². The van der Waals surface area contributed by atoms with Gasteiger partial charge in [0.05, 0.1) is 11.1 Å². The summed E-state index contributed by atoms with van der Waals surface area (Å²) in [6.07, 6.45) is -0.227. The zero-order valence-corrected chi connectivity index (χ0v) is 33.7. The molecule has 2 aliphatic heterocycles. The number of para-hydroxylation sites is 3. The average molecular weight is 791 g/mol. The van der Waals surface area contributed by atoms with Crippen LogP contribution < -0.4 is 10.1 Å². The zero-order valence-electron chi connectivity index (χ0n) is 33.7. The second-order valence-corrected chi connectivity index (χ2v) is 16.6. The molecule has 1 spiro atoms. The van der Waals surface area contributed by atoms with E-state index >= 15 is 0 Å². The fraction of sp³-hybridized carbons (Fsp3) is 0.0339. The quantitative estimate of drug-likeness (QED) is 0.180. The number of ether oxygens (including phenoxy) is 1. The summed E-state index contributed by atoms with van der Waals surface area (Å²) in [6.45, 7) is 0. The molecule has 1 unspecified atom stereocenters. The zero-order chi connectivity index (χ0) is 40.8. The van der Waals surface area contributed by atoms with E-state index in [-0.39, 0.29) is 6.17 Å². The highest BCUT2D eigenvalue weighted by atomic mass is 16.5. The largest absolute Gasteiger partial charge is 0.457 e. The summed E-state index contributed by atoms with van der Waals surface area (Å²) in [5.74, 6) is 1.79. The minimum Gasteiger partial charge on any atom is -0.457 e. The Kier molecular flexibility index (Phi) is 7.58. The minimum atomic E-state index is -0.619. The van der Waals surface area contributed by atoms with Crippen LogP contribution >= 0.6 is 0 Å². The van der Waals surface area contributed by atoms with Crippen molar-refractivity contribution in [3.05, 3.63) is 257 Å². The predicted octanol–water partition coefficient (Wildman–Crippen LogP) is 14.8. The van der Waals surface area contributed by atoms with Crippen molar-refractivity contribution < 1.29 is 4.74 Å². The summed E-state index contributed by atoms with van der Waals surface area (Å²) in [5, 5.41) is 8.80. The van der Waals surface area contributed by atoms with Gasteiger partial charge in [0.1, 0.15) is 17.7 Å². The van der Waals surface area contributed by atoms with Crippen LogP contribution in [0.15, 0.2) is 223 Å². The third-order valence-corrected chi connectivity index (χ3v) is 13.3. The molecule has 3 heteroatoms. The van der Waals surface area contributed by atoms with Crippen molar-refractivity contribution in [2.75, 3.05) is 5.32 Å². The monoisotopic (exact) mass is 790 g/mol. The lowest BCUT2D eigenvalue weighted by Crippen LogP contribution is -2.32. The van der Waals surface area contributed by atoms with E-state index in [1.165, 1.54) is 66.1 Å². The van der Waals surface area contributed by atoms with Gasteiger partial charge in [-0.3, -0.25) is 4.99 Å². The lowest BCUT2D eigenvalue weighted by Gasteiger charge is -2.40. The summed E-state index contributed by atoms with van der Waals surface area (Å²) < 4.78 is 6.76. The van der Waals surface area contributed by atoms with E-state index in [1.807, 2.05) is 0 Å². The standard InChI is InChI=1S/C59H38N2O/c1-2-16-37(17-3-1)57-48-26-8-11-29-52(48)60-58(61-57)42-21-15-20-40(35-42)38-18-14-19-39(34-38)41-32-33-47-51(36-41)59(49-27-9-12-30-53(49)62-54-31-13-10-28-50(54)59)56-46-25-7-5-23-44(46)43-22-4-6-24-45(43)55(47)56/h1-36,58,60H. The van der Waals surface area contributed by atoms with Crippen molar-refractivity contribution in [2.45, 2.75) is 11.6 Å². The number of fused-ring (bicyclic) bond motifs is 15. The maximum atomic E-state index is 6.76. The van der Waals surface area contributed by atoms with Crippen LogP contribution in [0.3, 0.4) is 0 Å². The minimum absolute atomic E-state index is 0.227. The molecule has 1 aliphatic carbocycles. The van der Waals surface area contributed by atoms with Crippen LogP contribution in [0, 0.1) is 0 Å². The van der Waals surface area contributed by atoms with Crippen LogP contribution in [0.25, 0.3) is 54.9 Å². The molecule has 0 saturated heterocycles. The summed E-state index contributed by atoms with van der Waals surface area (Å²) in [5.41, 5.74) is 17.0. The average Bonchev–Trinajstić information content (AvgIpc) is 3.65. The first-order valence-electron chi connectivity index (χ1n) is 21.4. The molecule has 0 aromatic heterocycles. The topological polar surface area (TPSA) is 33.6 Å². The number of hydrogen-bond donors (Lipinski definition) is 1. The van der Waals surface area contributed by atoms with Crippen molar-refractivity contribution in [3.8, 4) is 44.9 Å². The van der Waals surface area contributed by atoms with Gasteiger partial charge in [-0.25, -0.2) is 0 Å². The number of nitrogens with one attached hydrogen (secondary N) is 1. The van der Waals surface area contributed by atoms with E-state index in [9.17, 15) is 0 Å². The van der Waals surface area contributed by atoms with E-state index in [0.29, 0.717) is 0 Å². The van der Waals surface area contributed by atoms with Crippen LogP contribution in [-0.2, 0) is 5.41 Å². The first kappa shape index (κ1) is 34.8. The van der Waals surface area contributed by atoms with Gasteiger partial charge in [0.25, 0.3) is 0 Å². The molecule has 0 amide bonds. The molecule has 290 valence electrons. The first-order valence-corrected chi connectivity index (χ1v) is 21.4. The van der Waals surface area contributed by atoms with Crippen molar-refractivity contribution in [1.82, 2.24) is 0 Å². The van der Waals surface area contributed by atoms with Gasteiger partial charge >= 0.3 is 0 Å². The Morgan fingerprint density at radius 2 is 0.968 bits per heavy atom. The van der Waals surface area contributed by atoms with E-state index in [4.69, 9.17) is 9.73 Å². The molecule has 2 heterocycles. The Hall–Kier alpha value is -8.01. The second-order valence-electron chi connectivity index (χ2n) is 16.6. The summed E-state index contributed by atoms with van der Waals surface area (Å²) in [7, 11) is 0. The van der Waals surface area contributed by atoms with Gasteiger partial charge in [0, 0.05) is 27.9 Å². The molecule has 3 nitrogen and oxygen atoms in total. The van der Waals surface area contributed by atoms with Crippen LogP contribution in [0.5, 0.6) is 11.5 Å². The lowest BCUT2D eigenvalue weighted by atomic mass is 9.64. The molecule has 10 aromatic rings. The Morgan fingerprint density at radius 3 is 1.73 bits per heavy atom.